The van der Waals surface area contributed by atoms with E-state index in [1.54, 1.807) is 14.2 Å². The Morgan fingerprint density at radius 2 is 1.65 bits per heavy atom. The van der Waals surface area contributed by atoms with Gasteiger partial charge in [-0.2, -0.15) is 0 Å². The van der Waals surface area contributed by atoms with Gasteiger partial charge in [-0.1, -0.05) is 0 Å². The zero-order valence-electron chi connectivity index (χ0n) is 12.8. The summed E-state index contributed by atoms with van der Waals surface area (Å²) in [6, 6.07) is 13.6. The van der Waals surface area contributed by atoms with Gasteiger partial charge in [-0.15, -0.1) is 0 Å². The van der Waals surface area contributed by atoms with Crippen molar-refractivity contribution in [3.05, 3.63) is 48.7 Å². The fraction of sp³-hybridized carbons (Fsp3) is 0.111. The second-order valence-electron chi connectivity index (χ2n) is 5.22. The molecule has 0 aliphatic rings. The molecule has 2 aromatic carbocycles. The van der Waals surface area contributed by atoms with Gasteiger partial charge in [-0.3, -0.25) is 4.98 Å². The Labute approximate surface area is 132 Å². The van der Waals surface area contributed by atoms with Crippen LogP contribution >= 0.6 is 0 Å². The number of ether oxygens (including phenoxy) is 2. The highest BCUT2D eigenvalue weighted by Gasteiger charge is 2.10. The first-order chi connectivity index (χ1) is 11.3. The fourth-order valence-corrected chi connectivity index (χ4v) is 2.65. The molecule has 0 amide bonds. The number of hydrogen-bond acceptors (Lipinski definition) is 4. The number of fused-ring (bicyclic) bond motifs is 3. The van der Waals surface area contributed by atoms with Crippen molar-refractivity contribution in [3.63, 3.8) is 0 Å². The average molecular weight is 305 g/mol. The maximum atomic E-state index is 5.31. The minimum Gasteiger partial charge on any atom is -0.497 e. The summed E-state index contributed by atoms with van der Waals surface area (Å²) >= 11 is 0. The zero-order chi connectivity index (χ0) is 15.8. The first kappa shape index (κ1) is 13.6. The summed E-state index contributed by atoms with van der Waals surface area (Å²) in [5, 5.41) is 0.970. The summed E-state index contributed by atoms with van der Waals surface area (Å²) in [6.07, 6.45) is 1.81. The third-order valence-corrected chi connectivity index (χ3v) is 3.89. The third kappa shape index (κ3) is 2.26. The number of nitrogens with one attached hydrogen (secondary N) is 1. The Balaban J connectivity index is 1.90. The van der Waals surface area contributed by atoms with Crippen LogP contribution in [0.2, 0.25) is 0 Å². The lowest BCUT2D eigenvalue weighted by Crippen LogP contribution is -1.85. The van der Waals surface area contributed by atoms with Crippen LogP contribution in [0.1, 0.15) is 0 Å². The molecule has 4 aromatic rings. The second-order valence-corrected chi connectivity index (χ2v) is 5.22. The highest BCUT2D eigenvalue weighted by molar-refractivity contribution is 6.03. The summed E-state index contributed by atoms with van der Waals surface area (Å²) in [5.74, 6) is 2.42. The lowest BCUT2D eigenvalue weighted by molar-refractivity contribution is 0.415. The number of rotatable bonds is 3. The topological polar surface area (TPSA) is 60.0 Å². The number of methoxy groups -OCH3 is 2. The molecule has 0 atom stereocenters. The Morgan fingerprint density at radius 3 is 2.39 bits per heavy atom. The second kappa shape index (κ2) is 5.28. The molecule has 0 aliphatic heterocycles. The molecular formula is C18H15N3O2. The largest absolute Gasteiger partial charge is 0.497 e. The van der Waals surface area contributed by atoms with E-state index < -0.39 is 0 Å². The standard InChI is InChI=1S/C18H15N3O2/c1-22-12-5-3-11(4-6-12)18-20-16-10-19-15-8-7-13(23-2)9-14(15)17(16)21-18/h3-10H,1-2H3,(H,20,21). The van der Waals surface area contributed by atoms with E-state index in [1.807, 2.05) is 48.7 Å². The van der Waals surface area contributed by atoms with Crippen molar-refractivity contribution in [3.8, 4) is 22.9 Å². The molecule has 114 valence electrons. The molecule has 0 saturated carbocycles. The lowest BCUT2D eigenvalue weighted by Gasteiger charge is -2.02. The van der Waals surface area contributed by atoms with Crippen LogP contribution in [0.25, 0.3) is 33.3 Å². The van der Waals surface area contributed by atoms with Gasteiger partial charge in [0.2, 0.25) is 0 Å². The minimum absolute atomic E-state index is 0.792. The third-order valence-electron chi connectivity index (χ3n) is 3.89. The van der Waals surface area contributed by atoms with Gasteiger partial charge in [0, 0.05) is 10.9 Å². The number of aromatic amines is 1. The number of pyridine rings is 1. The average Bonchev–Trinajstić information content (AvgIpc) is 3.06. The molecule has 0 aliphatic carbocycles. The number of benzene rings is 2. The van der Waals surface area contributed by atoms with Crippen molar-refractivity contribution in [2.75, 3.05) is 14.2 Å². The van der Waals surface area contributed by atoms with Gasteiger partial charge in [-0.25, -0.2) is 4.98 Å². The normalized spacial score (nSPS) is 11.0. The predicted molar refractivity (Wildman–Crippen MR) is 89.9 cm³/mol. The molecule has 0 saturated heterocycles. The molecular weight excluding hydrogens is 290 g/mol. The van der Waals surface area contributed by atoms with Crippen molar-refractivity contribution < 1.29 is 9.47 Å². The van der Waals surface area contributed by atoms with Crippen LogP contribution in [0, 0.1) is 0 Å². The van der Waals surface area contributed by atoms with E-state index in [4.69, 9.17) is 14.5 Å². The molecule has 5 heteroatoms. The molecule has 1 N–H and O–H groups in total. The van der Waals surface area contributed by atoms with Crippen molar-refractivity contribution in [2.45, 2.75) is 0 Å². The van der Waals surface area contributed by atoms with Crippen LogP contribution in [0.4, 0.5) is 0 Å². The summed E-state index contributed by atoms with van der Waals surface area (Å²) in [5.41, 5.74) is 3.68. The van der Waals surface area contributed by atoms with Crippen molar-refractivity contribution in [1.82, 2.24) is 15.0 Å². The van der Waals surface area contributed by atoms with E-state index in [2.05, 4.69) is 9.97 Å². The van der Waals surface area contributed by atoms with E-state index in [-0.39, 0.29) is 0 Å². The van der Waals surface area contributed by atoms with E-state index in [9.17, 15) is 0 Å². The summed E-state index contributed by atoms with van der Waals surface area (Å²) < 4.78 is 10.5. The monoisotopic (exact) mass is 305 g/mol. The Kier molecular flexibility index (Phi) is 3.12. The Morgan fingerprint density at radius 1 is 0.913 bits per heavy atom. The van der Waals surface area contributed by atoms with Gasteiger partial charge in [0.15, 0.2) is 0 Å². The Bertz CT molecular complexity index is 990. The van der Waals surface area contributed by atoms with Gasteiger partial charge in [0.25, 0.3) is 0 Å². The SMILES string of the molecule is COc1ccc(-c2nc3c(cnc4ccc(OC)cc43)[nH]2)cc1. The highest BCUT2D eigenvalue weighted by atomic mass is 16.5. The molecule has 0 radical (unpaired) electrons. The summed E-state index contributed by atoms with van der Waals surface area (Å²) in [6.45, 7) is 0. The molecule has 2 heterocycles. The summed E-state index contributed by atoms with van der Waals surface area (Å²) in [7, 11) is 3.31. The molecule has 2 aromatic heterocycles. The number of H-pyrrole nitrogens is 1. The maximum absolute atomic E-state index is 5.31. The smallest absolute Gasteiger partial charge is 0.138 e. The van der Waals surface area contributed by atoms with Crippen LogP contribution in [0.5, 0.6) is 11.5 Å². The van der Waals surface area contributed by atoms with Gasteiger partial charge in [0.1, 0.15) is 22.8 Å². The predicted octanol–water partition coefficient (Wildman–Crippen LogP) is 3.80. The van der Waals surface area contributed by atoms with Crippen LogP contribution in [-0.4, -0.2) is 29.2 Å². The lowest BCUT2D eigenvalue weighted by atomic mass is 10.2. The Hall–Kier alpha value is -3.08. The van der Waals surface area contributed by atoms with Crippen LogP contribution in [0.3, 0.4) is 0 Å². The number of aromatic nitrogens is 3. The number of imidazole rings is 1. The molecule has 4 rings (SSSR count). The molecule has 23 heavy (non-hydrogen) atoms. The van der Waals surface area contributed by atoms with Crippen molar-refractivity contribution in [1.29, 1.82) is 0 Å². The first-order valence-corrected chi connectivity index (χ1v) is 7.25. The molecule has 5 nitrogen and oxygen atoms in total. The van der Waals surface area contributed by atoms with Gasteiger partial charge >= 0.3 is 0 Å². The van der Waals surface area contributed by atoms with Crippen molar-refractivity contribution >= 4 is 21.9 Å². The van der Waals surface area contributed by atoms with Crippen molar-refractivity contribution in [2.24, 2.45) is 0 Å². The van der Waals surface area contributed by atoms with Gasteiger partial charge in [0.05, 0.1) is 31.4 Å². The van der Waals surface area contributed by atoms with E-state index in [1.165, 1.54) is 0 Å². The van der Waals surface area contributed by atoms with Crippen LogP contribution in [0.15, 0.2) is 48.7 Å². The quantitative estimate of drug-likeness (QED) is 0.625. The highest BCUT2D eigenvalue weighted by Crippen LogP contribution is 2.28. The van der Waals surface area contributed by atoms with E-state index in [0.29, 0.717) is 0 Å². The fourth-order valence-electron chi connectivity index (χ4n) is 2.65. The van der Waals surface area contributed by atoms with E-state index in [0.717, 1.165) is 44.8 Å². The molecule has 0 unspecified atom stereocenters. The van der Waals surface area contributed by atoms with Gasteiger partial charge in [-0.05, 0) is 42.5 Å². The van der Waals surface area contributed by atoms with Crippen LogP contribution in [-0.2, 0) is 0 Å². The minimum atomic E-state index is 0.792. The summed E-state index contributed by atoms with van der Waals surface area (Å²) in [4.78, 5) is 12.5. The van der Waals surface area contributed by atoms with Gasteiger partial charge < -0.3 is 14.5 Å². The number of hydrogen-bond donors (Lipinski definition) is 1. The molecule has 0 fully saturated rings. The van der Waals surface area contributed by atoms with Crippen LogP contribution < -0.4 is 9.47 Å². The van der Waals surface area contributed by atoms with E-state index >= 15 is 0 Å². The first-order valence-electron chi connectivity index (χ1n) is 7.25. The molecule has 0 spiro atoms. The molecule has 0 bridgehead atoms. The number of nitrogens with zero attached hydrogens (tertiary/aromatic N) is 2. The zero-order valence-corrected chi connectivity index (χ0v) is 12.8. The maximum Gasteiger partial charge on any atom is 0.138 e.